The molecular formula is C17H14N2O. The van der Waals surface area contributed by atoms with E-state index in [4.69, 9.17) is 0 Å². The Morgan fingerprint density at radius 1 is 0.800 bits per heavy atom. The first-order valence-corrected chi connectivity index (χ1v) is 6.43. The van der Waals surface area contributed by atoms with E-state index in [1.807, 2.05) is 61.5 Å². The molecule has 0 amide bonds. The number of hydrogen-bond donors (Lipinski definition) is 1. The Hall–Kier alpha value is -2.68. The van der Waals surface area contributed by atoms with Crippen molar-refractivity contribution in [1.29, 1.82) is 0 Å². The zero-order chi connectivity index (χ0) is 13.9. The minimum atomic E-state index is 0.138. The smallest absolute Gasteiger partial charge is 0.143 e. The highest BCUT2D eigenvalue weighted by atomic mass is 16.3. The Balaban J connectivity index is 2.06. The van der Waals surface area contributed by atoms with Crippen LogP contribution in [0.25, 0.3) is 10.8 Å². The number of rotatable bonds is 2. The summed E-state index contributed by atoms with van der Waals surface area (Å²) in [6.07, 6.45) is 0. The van der Waals surface area contributed by atoms with Gasteiger partial charge in [0.1, 0.15) is 11.4 Å². The molecule has 0 fully saturated rings. The summed E-state index contributed by atoms with van der Waals surface area (Å²) in [6.45, 7) is 2.03. The number of azo groups is 1. The summed E-state index contributed by atoms with van der Waals surface area (Å²) in [4.78, 5) is 0. The monoisotopic (exact) mass is 262 g/mol. The van der Waals surface area contributed by atoms with E-state index < -0.39 is 0 Å². The van der Waals surface area contributed by atoms with E-state index in [-0.39, 0.29) is 5.75 Å². The second-order valence-corrected chi connectivity index (χ2v) is 4.69. The highest BCUT2D eigenvalue weighted by Gasteiger charge is 2.05. The molecule has 0 aromatic heterocycles. The van der Waals surface area contributed by atoms with Crippen LogP contribution in [0.2, 0.25) is 0 Å². The Morgan fingerprint density at radius 3 is 2.35 bits per heavy atom. The SMILES string of the molecule is Cc1ccc(N=Nc2c(O)ccc3ccccc23)cc1. The molecule has 0 aliphatic rings. The molecule has 0 spiro atoms. The highest BCUT2D eigenvalue weighted by Crippen LogP contribution is 2.35. The van der Waals surface area contributed by atoms with Gasteiger partial charge >= 0.3 is 0 Å². The van der Waals surface area contributed by atoms with Gasteiger partial charge in [0.05, 0.1) is 5.69 Å². The molecule has 0 atom stereocenters. The molecule has 0 unspecified atom stereocenters. The summed E-state index contributed by atoms with van der Waals surface area (Å²) in [5, 5.41) is 20.3. The molecule has 0 heterocycles. The van der Waals surface area contributed by atoms with Crippen LogP contribution in [0.4, 0.5) is 11.4 Å². The number of aromatic hydroxyl groups is 1. The van der Waals surface area contributed by atoms with Gasteiger partial charge in [-0.1, -0.05) is 48.0 Å². The first-order valence-electron chi connectivity index (χ1n) is 6.43. The van der Waals surface area contributed by atoms with E-state index in [0.717, 1.165) is 16.5 Å². The van der Waals surface area contributed by atoms with Gasteiger partial charge in [-0.15, -0.1) is 5.11 Å². The molecule has 0 radical (unpaired) electrons. The van der Waals surface area contributed by atoms with Crippen LogP contribution < -0.4 is 0 Å². The zero-order valence-corrected chi connectivity index (χ0v) is 11.1. The van der Waals surface area contributed by atoms with E-state index in [1.165, 1.54) is 5.56 Å². The van der Waals surface area contributed by atoms with E-state index >= 15 is 0 Å². The fourth-order valence-electron chi connectivity index (χ4n) is 2.07. The summed E-state index contributed by atoms with van der Waals surface area (Å²) in [5.41, 5.74) is 2.45. The standard InChI is InChI=1S/C17H14N2O/c1-12-6-9-14(10-7-12)18-19-17-15-5-3-2-4-13(15)8-11-16(17)20/h2-11,20H,1H3. The third-order valence-corrected chi connectivity index (χ3v) is 3.18. The summed E-state index contributed by atoms with van der Waals surface area (Å²) in [5.74, 6) is 0.138. The minimum absolute atomic E-state index is 0.138. The molecule has 0 bridgehead atoms. The number of phenols is 1. The van der Waals surface area contributed by atoms with Gasteiger partial charge in [-0.25, -0.2) is 0 Å². The molecule has 3 heteroatoms. The molecule has 3 rings (SSSR count). The van der Waals surface area contributed by atoms with Crippen LogP contribution in [0.15, 0.2) is 70.9 Å². The number of aryl methyl sites for hydroxylation is 1. The molecule has 3 nitrogen and oxygen atoms in total. The van der Waals surface area contributed by atoms with E-state index in [0.29, 0.717) is 5.69 Å². The number of nitrogens with zero attached hydrogens (tertiary/aromatic N) is 2. The first-order chi connectivity index (χ1) is 9.74. The molecule has 0 aliphatic heterocycles. The lowest BCUT2D eigenvalue weighted by atomic mass is 10.1. The summed E-state index contributed by atoms with van der Waals surface area (Å²) < 4.78 is 0. The minimum Gasteiger partial charge on any atom is -0.506 e. The average Bonchev–Trinajstić information content (AvgIpc) is 2.48. The topological polar surface area (TPSA) is 45.0 Å². The largest absolute Gasteiger partial charge is 0.506 e. The molecule has 20 heavy (non-hydrogen) atoms. The first kappa shape index (κ1) is 12.4. The van der Waals surface area contributed by atoms with E-state index in [2.05, 4.69) is 10.2 Å². The molecule has 0 saturated heterocycles. The van der Waals surface area contributed by atoms with Crippen LogP contribution in [0.3, 0.4) is 0 Å². The highest BCUT2D eigenvalue weighted by molar-refractivity contribution is 5.95. The van der Waals surface area contributed by atoms with Crippen molar-refractivity contribution in [1.82, 2.24) is 0 Å². The van der Waals surface area contributed by atoms with Gasteiger partial charge in [0.15, 0.2) is 0 Å². The number of phenolic OH excluding ortho intramolecular Hbond substituents is 1. The molecule has 3 aromatic carbocycles. The average molecular weight is 262 g/mol. The Labute approximate surface area is 117 Å². The van der Waals surface area contributed by atoms with Gasteiger partial charge < -0.3 is 5.11 Å². The Morgan fingerprint density at radius 2 is 1.55 bits per heavy atom. The molecule has 3 aromatic rings. The maximum absolute atomic E-state index is 9.98. The van der Waals surface area contributed by atoms with E-state index in [1.54, 1.807) is 6.07 Å². The molecular weight excluding hydrogens is 248 g/mol. The quantitative estimate of drug-likeness (QED) is 0.628. The zero-order valence-electron chi connectivity index (χ0n) is 11.1. The van der Waals surface area contributed by atoms with Crippen LogP contribution in [-0.4, -0.2) is 5.11 Å². The van der Waals surface area contributed by atoms with Gasteiger partial charge in [-0.2, -0.15) is 5.11 Å². The Bertz CT molecular complexity index is 777. The normalized spacial score (nSPS) is 11.2. The number of fused-ring (bicyclic) bond motifs is 1. The van der Waals surface area contributed by atoms with Gasteiger partial charge in [0, 0.05) is 5.39 Å². The van der Waals surface area contributed by atoms with Crippen molar-refractivity contribution in [2.75, 3.05) is 0 Å². The van der Waals surface area contributed by atoms with Crippen molar-refractivity contribution in [3.63, 3.8) is 0 Å². The second-order valence-electron chi connectivity index (χ2n) is 4.69. The van der Waals surface area contributed by atoms with Gasteiger partial charge in [-0.05, 0) is 30.5 Å². The van der Waals surface area contributed by atoms with Gasteiger partial charge in [0.25, 0.3) is 0 Å². The van der Waals surface area contributed by atoms with E-state index in [9.17, 15) is 5.11 Å². The number of hydrogen-bond acceptors (Lipinski definition) is 3. The van der Waals surface area contributed by atoms with Gasteiger partial charge in [-0.3, -0.25) is 0 Å². The summed E-state index contributed by atoms with van der Waals surface area (Å²) >= 11 is 0. The fraction of sp³-hybridized carbons (Fsp3) is 0.0588. The molecule has 98 valence electrons. The fourth-order valence-corrected chi connectivity index (χ4v) is 2.07. The summed E-state index contributed by atoms with van der Waals surface area (Å²) in [6, 6.07) is 19.1. The maximum Gasteiger partial charge on any atom is 0.143 e. The third-order valence-electron chi connectivity index (χ3n) is 3.18. The maximum atomic E-state index is 9.98. The van der Waals surface area contributed by atoms with Crippen LogP contribution in [-0.2, 0) is 0 Å². The van der Waals surface area contributed by atoms with Crippen LogP contribution in [0.1, 0.15) is 5.56 Å². The van der Waals surface area contributed by atoms with Gasteiger partial charge in [0.2, 0.25) is 0 Å². The molecule has 1 N–H and O–H groups in total. The summed E-state index contributed by atoms with van der Waals surface area (Å²) in [7, 11) is 0. The lowest BCUT2D eigenvalue weighted by Gasteiger charge is -2.03. The van der Waals surface area contributed by atoms with Crippen molar-refractivity contribution in [2.45, 2.75) is 6.92 Å². The third kappa shape index (κ3) is 2.38. The van der Waals surface area contributed by atoms with Crippen molar-refractivity contribution >= 4 is 22.1 Å². The van der Waals surface area contributed by atoms with Crippen LogP contribution in [0, 0.1) is 6.92 Å². The van der Waals surface area contributed by atoms with Crippen molar-refractivity contribution in [3.8, 4) is 5.75 Å². The predicted octanol–water partition coefficient (Wildman–Crippen LogP) is 5.27. The lowest BCUT2D eigenvalue weighted by Crippen LogP contribution is -1.75. The van der Waals surface area contributed by atoms with Crippen LogP contribution >= 0.6 is 0 Å². The predicted molar refractivity (Wildman–Crippen MR) is 81.0 cm³/mol. The van der Waals surface area contributed by atoms with Crippen molar-refractivity contribution in [2.24, 2.45) is 10.2 Å². The molecule has 0 saturated carbocycles. The second kappa shape index (κ2) is 5.13. The van der Waals surface area contributed by atoms with Crippen molar-refractivity contribution in [3.05, 3.63) is 66.2 Å². The Kier molecular flexibility index (Phi) is 3.17. The number of benzene rings is 3. The van der Waals surface area contributed by atoms with Crippen LogP contribution in [0.5, 0.6) is 5.75 Å². The van der Waals surface area contributed by atoms with Crippen molar-refractivity contribution < 1.29 is 5.11 Å². The molecule has 0 aliphatic carbocycles. The lowest BCUT2D eigenvalue weighted by molar-refractivity contribution is 0.477.